The quantitative estimate of drug-likeness (QED) is 0.707. The van der Waals surface area contributed by atoms with Crippen molar-refractivity contribution in [2.45, 2.75) is 29.6 Å². The molecule has 1 saturated heterocycles. The Morgan fingerprint density at radius 2 is 1.81 bits per heavy atom. The fraction of sp³-hybridized carbons (Fsp3) is 0.316. The van der Waals surface area contributed by atoms with Crippen LogP contribution in [-0.4, -0.2) is 37.5 Å². The van der Waals surface area contributed by atoms with Crippen molar-refractivity contribution in [3.05, 3.63) is 53.1 Å². The molecule has 2 aromatic rings. The lowest BCUT2D eigenvalue weighted by atomic mass is 10.2. The highest BCUT2D eigenvalue weighted by atomic mass is 35.5. The summed E-state index contributed by atoms with van der Waals surface area (Å²) in [5, 5.41) is 3.45. The van der Waals surface area contributed by atoms with Crippen LogP contribution >= 0.6 is 23.4 Å². The maximum Gasteiger partial charge on any atom is 0.243 e. The highest BCUT2D eigenvalue weighted by Crippen LogP contribution is 2.26. The van der Waals surface area contributed by atoms with Gasteiger partial charge < -0.3 is 5.32 Å². The lowest BCUT2D eigenvalue weighted by molar-refractivity contribution is -0.113. The van der Waals surface area contributed by atoms with E-state index in [1.165, 1.54) is 16.1 Å². The molecule has 1 N–H and O–H groups in total. The van der Waals surface area contributed by atoms with Crippen molar-refractivity contribution >= 4 is 45.0 Å². The molecular formula is C19H21ClN2O3S2. The molecule has 1 amide bonds. The first kappa shape index (κ1) is 20.2. The van der Waals surface area contributed by atoms with Crippen molar-refractivity contribution < 1.29 is 13.2 Å². The molecule has 1 heterocycles. The van der Waals surface area contributed by atoms with Gasteiger partial charge in [-0.3, -0.25) is 4.79 Å². The first-order chi connectivity index (χ1) is 12.9. The summed E-state index contributed by atoms with van der Waals surface area (Å²) in [7, 11) is -3.40. The molecule has 1 aliphatic rings. The molecule has 8 heteroatoms. The van der Waals surface area contributed by atoms with Crippen molar-refractivity contribution in [3.63, 3.8) is 0 Å². The number of halogens is 1. The van der Waals surface area contributed by atoms with Crippen LogP contribution in [0.25, 0.3) is 0 Å². The van der Waals surface area contributed by atoms with Crippen molar-refractivity contribution in [2.75, 3.05) is 24.2 Å². The molecule has 0 unspecified atom stereocenters. The zero-order valence-corrected chi connectivity index (χ0v) is 17.3. The number of anilines is 1. The number of carbonyl (C=O) groups excluding carboxylic acids is 1. The van der Waals surface area contributed by atoms with E-state index in [1.54, 1.807) is 36.4 Å². The Labute approximate surface area is 169 Å². The lowest BCUT2D eigenvalue weighted by Gasteiger charge is -2.15. The predicted octanol–water partition coefficient (Wildman–Crippen LogP) is 4.16. The third kappa shape index (κ3) is 4.85. The van der Waals surface area contributed by atoms with E-state index in [4.69, 9.17) is 11.6 Å². The van der Waals surface area contributed by atoms with Gasteiger partial charge in [-0.25, -0.2) is 8.42 Å². The predicted molar refractivity (Wildman–Crippen MR) is 110 cm³/mol. The second-order valence-corrected chi connectivity index (χ2v) is 9.73. The summed E-state index contributed by atoms with van der Waals surface area (Å²) in [6.45, 7) is 3.02. The van der Waals surface area contributed by atoms with Crippen LogP contribution in [-0.2, 0) is 14.8 Å². The maximum absolute atomic E-state index is 12.5. The standard InChI is InChI=1S/C19H21ClN2O3S2/c1-14-17(20)5-4-6-18(14)21-19(23)13-26-15-7-9-16(10-8-15)27(24,25)22-11-2-3-12-22/h4-10H,2-3,11-13H2,1H3,(H,21,23). The number of sulfonamides is 1. The van der Waals surface area contributed by atoms with Gasteiger partial charge in [-0.2, -0.15) is 4.31 Å². The summed E-state index contributed by atoms with van der Waals surface area (Å²) in [4.78, 5) is 13.3. The van der Waals surface area contributed by atoms with E-state index in [0.717, 1.165) is 23.3 Å². The Morgan fingerprint density at radius 3 is 2.48 bits per heavy atom. The number of nitrogens with one attached hydrogen (secondary N) is 1. The van der Waals surface area contributed by atoms with Gasteiger partial charge >= 0.3 is 0 Å². The van der Waals surface area contributed by atoms with Crippen LogP contribution in [0.1, 0.15) is 18.4 Å². The van der Waals surface area contributed by atoms with Gasteiger partial charge in [0, 0.05) is 28.7 Å². The van der Waals surface area contributed by atoms with Crippen LogP contribution in [0.3, 0.4) is 0 Å². The van der Waals surface area contributed by atoms with Gasteiger partial charge in [-0.05, 0) is 61.7 Å². The molecule has 5 nitrogen and oxygen atoms in total. The molecule has 0 atom stereocenters. The Bertz CT molecular complexity index is 924. The van der Waals surface area contributed by atoms with E-state index in [9.17, 15) is 13.2 Å². The summed E-state index contributed by atoms with van der Waals surface area (Å²) in [6, 6.07) is 12.1. The van der Waals surface area contributed by atoms with E-state index >= 15 is 0 Å². The summed E-state index contributed by atoms with van der Waals surface area (Å²) < 4.78 is 26.6. The number of amides is 1. The minimum atomic E-state index is -3.40. The fourth-order valence-corrected chi connectivity index (χ4v) is 5.25. The van der Waals surface area contributed by atoms with Crippen LogP contribution in [0.5, 0.6) is 0 Å². The molecule has 2 aromatic carbocycles. The average Bonchev–Trinajstić information content (AvgIpc) is 3.20. The third-order valence-corrected chi connectivity index (χ3v) is 7.77. The highest BCUT2D eigenvalue weighted by molar-refractivity contribution is 8.00. The second kappa shape index (κ2) is 8.65. The number of hydrogen-bond acceptors (Lipinski definition) is 4. The molecular weight excluding hydrogens is 404 g/mol. The SMILES string of the molecule is Cc1c(Cl)cccc1NC(=O)CSc1ccc(S(=O)(=O)N2CCCC2)cc1. The summed E-state index contributed by atoms with van der Waals surface area (Å²) in [5.41, 5.74) is 1.52. The van der Waals surface area contributed by atoms with Gasteiger partial charge in [0.15, 0.2) is 0 Å². The van der Waals surface area contributed by atoms with Crippen LogP contribution in [0.15, 0.2) is 52.3 Å². The van der Waals surface area contributed by atoms with E-state index < -0.39 is 10.0 Å². The maximum atomic E-state index is 12.5. The Morgan fingerprint density at radius 1 is 1.15 bits per heavy atom. The molecule has 0 radical (unpaired) electrons. The summed E-state index contributed by atoms with van der Waals surface area (Å²) in [6.07, 6.45) is 1.82. The number of hydrogen-bond donors (Lipinski definition) is 1. The summed E-state index contributed by atoms with van der Waals surface area (Å²) >= 11 is 7.42. The summed E-state index contributed by atoms with van der Waals surface area (Å²) in [5.74, 6) is 0.0867. The van der Waals surface area contributed by atoms with E-state index in [1.807, 2.05) is 13.0 Å². The molecule has 0 aliphatic carbocycles. The molecule has 1 aliphatic heterocycles. The molecule has 1 fully saturated rings. The number of nitrogens with zero attached hydrogens (tertiary/aromatic N) is 1. The molecule has 0 spiro atoms. The van der Waals surface area contributed by atoms with E-state index in [0.29, 0.717) is 28.7 Å². The number of benzene rings is 2. The second-order valence-electron chi connectivity index (χ2n) is 6.33. The van der Waals surface area contributed by atoms with E-state index in [2.05, 4.69) is 5.32 Å². The Hall–Kier alpha value is -1.54. The van der Waals surface area contributed by atoms with Crippen molar-refractivity contribution in [3.8, 4) is 0 Å². The molecule has 0 bridgehead atoms. The third-order valence-electron chi connectivity index (χ3n) is 4.44. The smallest absolute Gasteiger partial charge is 0.243 e. The lowest BCUT2D eigenvalue weighted by Crippen LogP contribution is -2.27. The first-order valence-electron chi connectivity index (χ1n) is 8.66. The zero-order valence-electron chi connectivity index (χ0n) is 14.9. The van der Waals surface area contributed by atoms with Gasteiger partial charge in [-0.1, -0.05) is 17.7 Å². The zero-order chi connectivity index (χ0) is 19.4. The molecule has 0 aromatic heterocycles. The normalized spacial score (nSPS) is 15.0. The van der Waals surface area contributed by atoms with Gasteiger partial charge in [-0.15, -0.1) is 11.8 Å². The van der Waals surface area contributed by atoms with Crippen LogP contribution in [0, 0.1) is 6.92 Å². The van der Waals surface area contributed by atoms with Crippen LogP contribution in [0.4, 0.5) is 5.69 Å². The molecule has 27 heavy (non-hydrogen) atoms. The Kier molecular flexibility index (Phi) is 6.47. The molecule has 144 valence electrons. The van der Waals surface area contributed by atoms with Gasteiger partial charge in [0.2, 0.25) is 15.9 Å². The van der Waals surface area contributed by atoms with Gasteiger partial charge in [0.1, 0.15) is 0 Å². The van der Waals surface area contributed by atoms with Gasteiger partial charge in [0.05, 0.1) is 10.6 Å². The highest BCUT2D eigenvalue weighted by Gasteiger charge is 2.26. The largest absolute Gasteiger partial charge is 0.325 e. The molecule has 0 saturated carbocycles. The first-order valence-corrected chi connectivity index (χ1v) is 11.5. The van der Waals surface area contributed by atoms with Crippen molar-refractivity contribution in [1.29, 1.82) is 0 Å². The molecule has 3 rings (SSSR count). The average molecular weight is 425 g/mol. The van der Waals surface area contributed by atoms with Crippen LogP contribution < -0.4 is 5.32 Å². The monoisotopic (exact) mass is 424 g/mol. The number of rotatable bonds is 6. The number of thioether (sulfide) groups is 1. The Balaban J connectivity index is 1.58. The minimum Gasteiger partial charge on any atom is -0.325 e. The topological polar surface area (TPSA) is 66.5 Å². The van der Waals surface area contributed by atoms with Gasteiger partial charge in [0.25, 0.3) is 0 Å². The van der Waals surface area contributed by atoms with Crippen molar-refractivity contribution in [1.82, 2.24) is 4.31 Å². The number of carbonyl (C=O) groups is 1. The van der Waals surface area contributed by atoms with Crippen LogP contribution in [0.2, 0.25) is 5.02 Å². The van der Waals surface area contributed by atoms with Crippen molar-refractivity contribution in [2.24, 2.45) is 0 Å². The fourth-order valence-electron chi connectivity index (χ4n) is 2.86. The van der Waals surface area contributed by atoms with E-state index in [-0.39, 0.29) is 11.7 Å². The minimum absolute atomic E-state index is 0.140.